The van der Waals surface area contributed by atoms with Crippen LogP contribution in [0.15, 0.2) is 18.2 Å². The van der Waals surface area contributed by atoms with Crippen LogP contribution in [0.5, 0.6) is 5.75 Å². The Kier molecular flexibility index (Phi) is 3.99. The molecule has 0 saturated carbocycles. The van der Waals surface area contributed by atoms with Gasteiger partial charge in [-0.2, -0.15) is 0 Å². The number of hydrogen-bond acceptors (Lipinski definition) is 5. The van der Waals surface area contributed by atoms with E-state index in [0.29, 0.717) is 18.8 Å². The monoisotopic (exact) mass is 291 g/mol. The van der Waals surface area contributed by atoms with Gasteiger partial charge in [-0.05, 0) is 18.2 Å². The Morgan fingerprint density at radius 2 is 2.00 bits per heavy atom. The van der Waals surface area contributed by atoms with Gasteiger partial charge in [-0.15, -0.1) is 0 Å². The van der Waals surface area contributed by atoms with Gasteiger partial charge in [-0.25, -0.2) is 8.42 Å². The first-order chi connectivity index (χ1) is 8.46. The smallest absolute Gasteiger partial charge is 0.236 e. The highest BCUT2D eigenvalue weighted by Gasteiger charge is 2.16. The Labute approximate surface area is 110 Å². The number of ether oxygens (including phenoxy) is 1. The molecule has 100 valence electrons. The average Bonchev–Trinajstić information content (AvgIpc) is 2.31. The lowest BCUT2D eigenvalue weighted by Gasteiger charge is -2.29. The highest BCUT2D eigenvalue weighted by atomic mass is 35.7. The number of phenolic OH excluding ortho intramolecular Hbond substituents is 1. The van der Waals surface area contributed by atoms with Gasteiger partial charge in [0.05, 0.1) is 19.0 Å². The fourth-order valence-electron chi connectivity index (χ4n) is 1.89. The molecule has 0 unspecified atom stereocenters. The molecule has 5 nitrogen and oxygen atoms in total. The van der Waals surface area contributed by atoms with Crippen molar-refractivity contribution in [2.75, 3.05) is 31.2 Å². The zero-order chi connectivity index (χ0) is 13.2. The summed E-state index contributed by atoms with van der Waals surface area (Å²) in [5.74, 6) is -0.435. The van der Waals surface area contributed by atoms with Crippen LogP contribution in [0.1, 0.15) is 5.56 Å². The van der Waals surface area contributed by atoms with Gasteiger partial charge in [-0.1, -0.05) is 0 Å². The van der Waals surface area contributed by atoms with Crippen molar-refractivity contribution >= 4 is 25.4 Å². The molecule has 1 heterocycles. The first-order valence-electron chi connectivity index (χ1n) is 5.52. The lowest BCUT2D eigenvalue weighted by Crippen LogP contribution is -2.36. The van der Waals surface area contributed by atoms with Crippen molar-refractivity contribution in [1.29, 1.82) is 0 Å². The van der Waals surface area contributed by atoms with Crippen LogP contribution >= 0.6 is 10.7 Å². The van der Waals surface area contributed by atoms with E-state index in [2.05, 4.69) is 4.90 Å². The Bertz CT molecular complexity index is 526. The minimum atomic E-state index is -3.68. The van der Waals surface area contributed by atoms with Crippen LogP contribution in [-0.4, -0.2) is 39.8 Å². The summed E-state index contributed by atoms with van der Waals surface area (Å²) in [7, 11) is 1.53. The van der Waals surface area contributed by atoms with Gasteiger partial charge in [0.1, 0.15) is 5.75 Å². The van der Waals surface area contributed by atoms with Crippen molar-refractivity contribution in [3.8, 4) is 5.75 Å². The molecule has 1 saturated heterocycles. The number of phenols is 1. The highest BCUT2D eigenvalue weighted by Crippen LogP contribution is 2.27. The zero-order valence-corrected chi connectivity index (χ0v) is 11.2. The molecule has 0 aromatic heterocycles. The molecule has 0 spiro atoms. The SMILES string of the molecule is O=S(=O)(Cl)Cc1cc(N2CCOCC2)ccc1O. The van der Waals surface area contributed by atoms with E-state index < -0.39 is 9.05 Å². The number of anilines is 1. The largest absolute Gasteiger partial charge is 0.508 e. The van der Waals surface area contributed by atoms with Crippen molar-refractivity contribution in [1.82, 2.24) is 0 Å². The van der Waals surface area contributed by atoms with Crippen molar-refractivity contribution in [2.45, 2.75) is 5.75 Å². The average molecular weight is 292 g/mol. The molecule has 0 amide bonds. The van der Waals surface area contributed by atoms with E-state index in [1.165, 1.54) is 6.07 Å². The van der Waals surface area contributed by atoms with Gasteiger partial charge in [0.15, 0.2) is 0 Å². The summed E-state index contributed by atoms with van der Waals surface area (Å²) in [6.45, 7) is 2.78. The summed E-state index contributed by atoms with van der Waals surface area (Å²) in [5.41, 5.74) is 1.18. The first-order valence-corrected chi connectivity index (χ1v) is 8.00. The molecule has 1 fully saturated rings. The maximum Gasteiger partial charge on any atom is 0.236 e. The van der Waals surface area contributed by atoms with Crippen molar-refractivity contribution in [3.05, 3.63) is 23.8 Å². The standard InChI is InChI=1S/C11H14ClNO4S/c12-18(15,16)8-9-7-10(1-2-11(9)14)13-3-5-17-6-4-13/h1-2,7,14H,3-6,8H2. The molecule has 0 atom stereocenters. The summed E-state index contributed by atoms with van der Waals surface area (Å²) in [5, 5.41) is 9.63. The van der Waals surface area contributed by atoms with Crippen LogP contribution in [0.25, 0.3) is 0 Å². The topological polar surface area (TPSA) is 66.8 Å². The lowest BCUT2D eigenvalue weighted by molar-refractivity contribution is 0.122. The van der Waals surface area contributed by atoms with Gasteiger partial charge >= 0.3 is 0 Å². The minimum Gasteiger partial charge on any atom is -0.508 e. The molecular formula is C11H14ClNO4S. The van der Waals surface area contributed by atoms with E-state index in [9.17, 15) is 13.5 Å². The molecule has 7 heteroatoms. The molecule has 1 aliphatic heterocycles. The third-order valence-electron chi connectivity index (χ3n) is 2.77. The summed E-state index contributed by atoms with van der Waals surface area (Å²) in [6, 6.07) is 4.90. The Balaban J connectivity index is 2.25. The fraction of sp³-hybridized carbons (Fsp3) is 0.455. The third kappa shape index (κ3) is 3.51. The minimum absolute atomic E-state index is 0.0590. The zero-order valence-electron chi connectivity index (χ0n) is 9.67. The molecule has 0 aliphatic carbocycles. The van der Waals surface area contributed by atoms with Gasteiger partial charge in [0, 0.05) is 35.0 Å². The van der Waals surface area contributed by atoms with E-state index in [4.69, 9.17) is 15.4 Å². The molecule has 1 aromatic rings. The molecule has 18 heavy (non-hydrogen) atoms. The third-order valence-corrected chi connectivity index (χ3v) is 3.75. The maximum absolute atomic E-state index is 11.1. The number of nitrogens with zero attached hydrogens (tertiary/aromatic N) is 1. The van der Waals surface area contributed by atoms with E-state index in [1.807, 2.05) is 0 Å². The lowest BCUT2D eigenvalue weighted by atomic mass is 10.2. The van der Waals surface area contributed by atoms with Crippen molar-refractivity contribution < 1.29 is 18.3 Å². The molecule has 1 aromatic carbocycles. The Morgan fingerprint density at radius 1 is 1.33 bits per heavy atom. The second-order valence-corrected chi connectivity index (χ2v) is 6.87. The number of hydrogen-bond donors (Lipinski definition) is 1. The van der Waals surface area contributed by atoms with Crippen LogP contribution in [0.2, 0.25) is 0 Å². The molecule has 2 rings (SSSR count). The Morgan fingerprint density at radius 3 is 2.61 bits per heavy atom. The fourth-order valence-corrected chi connectivity index (χ4v) is 2.85. The number of benzene rings is 1. The van der Waals surface area contributed by atoms with Gasteiger partial charge in [0.2, 0.25) is 9.05 Å². The summed E-state index contributed by atoms with van der Waals surface area (Å²) >= 11 is 0. The Hall–Kier alpha value is -0.980. The van der Waals surface area contributed by atoms with Crippen LogP contribution in [0.4, 0.5) is 5.69 Å². The predicted octanol–water partition coefficient (Wildman–Crippen LogP) is 1.30. The summed E-state index contributed by atoms with van der Waals surface area (Å²) < 4.78 is 27.4. The second-order valence-electron chi connectivity index (χ2n) is 4.10. The molecule has 1 aliphatic rings. The number of morpholine rings is 1. The van der Waals surface area contributed by atoms with Crippen LogP contribution in [-0.2, 0) is 19.5 Å². The van der Waals surface area contributed by atoms with Gasteiger partial charge < -0.3 is 14.7 Å². The van der Waals surface area contributed by atoms with Gasteiger partial charge in [0.25, 0.3) is 0 Å². The number of halogens is 1. The van der Waals surface area contributed by atoms with E-state index in [1.54, 1.807) is 12.1 Å². The van der Waals surface area contributed by atoms with Gasteiger partial charge in [-0.3, -0.25) is 0 Å². The molecular weight excluding hydrogens is 278 g/mol. The number of aromatic hydroxyl groups is 1. The summed E-state index contributed by atoms with van der Waals surface area (Å²) in [4.78, 5) is 2.08. The maximum atomic E-state index is 11.1. The first kappa shape index (κ1) is 13.5. The van der Waals surface area contributed by atoms with Crippen LogP contribution in [0, 0.1) is 0 Å². The van der Waals surface area contributed by atoms with Crippen molar-refractivity contribution in [3.63, 3.8) is 0 Å². The van der Waals surface area contributed by atoms with E-state index in [0.717, 1.165) is 18.8 Å². The summed E-state index contributed by atoms with van der Waals surface area (Å²) in [6.07, 6.45) is 0. The normalized spacial score (nSPS) is 16.8. The highest BCUT2D eigenvalue weighted by molar-refractivity contribution is 8.13. The van der Waals surface area contributed by atoms with E-state index in [-0.39, 0.29) is 11.5 Å². The molecule has 0 radical (unpaired) electrons. The quantitative estimate of drug-likeness (QED) is 0.850. The number of rotatable bonds is 3. The molecule has 1 N–H and O–H groups in total. The van der Waals surface area contributed by atoms with E-state index >= 15 is 0 Å². The van der Waals surface area contributed by atoms with Crippen LogP contribution in [0.3, 0.4) is 0 Å². The molecule has 0 bridgehead atoms. The second kappa shape index (κ2) is 5.34. The van der Waals surface area contributed by atoms with Crippen LogP contribution < -0.4 is 4.90 Å². The predicted molar refractivity (Wildman–Crippen MR) is 69.6 cm³/mol. The van der Waals surface area contributed by atoms with Crippen molar-refractivity contribution in [2.24, 2.45) is 0 Å².